The molecule has 0 aliphatic carbocycles. The van der Waals surface area contributed by atoms with E-state index in [1.165, 1.54) is 0 Å². The van der Waals surface area contributed by atoms with Crippen molar-refractivity contribution < 1.29 is 9.59 Å². The first-order valence-electron chi connectivity index (χ1n) is 9.02. The van der Waals surface area contributed by atoms with Gasteiger partial charge in [-0.2, -0.15) is 11.8 Å². The number of halogens is 1. The van der Waals surface area contributed by atoms with Crippen LogP contribution in [0.3, 0.4) is 0 Å². The van der Waals surface area contributed by atoms with Gasteiger partial charge in [0.25, 0.3) is 0 Å². The first-order chi connectivity index (χ1) is 12.2. The fourth-order valence-electron chi connectivity index (χ4n) is 2.80. The lowest BCUT2D eigenvalue weighted by molar-refractivity contribution is -0.131. The van der Waals surface area contributed by atoms with Crippen molar-refractivity contribution >= 4 is 35.2 Å². The molecule has 2 rings (SSSR count). The second-order valence-corrected chi connectivity index (χ2v) is 7.80. The Labute approximate surface area is 159 Å². The lowest BCUT2D eigenvalue weighted by Crippen LogP contribution is -2.35. The molecule has 1 N–H and O–H groups in total. The summed E-state index contributed by atoms with van der Waals surface area (Å²) < 4.78 is 0. The highest BCUT2D eigenvalue weighted by Crippen LogP contribution is 2.20. The van der Waals surface area contributed by atoms with Crippen molar-refractivity contribution in [2.45, 2.75) is 44.3 Å². The molecule has 1 aliphatic heterocycles. The molecule has 25 heavy (non-hydrogen) atoms. The highest BCUT2D eigenvalue weighted by Gasteiger charge is 2.17. The Balaban J connectivity index is 1.52. The highest BCUT2D eigenvalue weighted by atomic mass is 35.5. The molecule has 1 heterocycles. The van der Waals surface area contributed by atoms with Crippen LogP contribution in [0, 0.1) is 0 Å². The minimum Gasteiger partial charge on any atom is -0.356 e. The van der Waals surface area contributed by atoms with Crippen molar-refractivity contribution in [2.24, 2.45) is 0 Å². The summed E-state index contributed by atoms with van der Waals surface area (Å²) in [6, 6.07) is 7.89. The summed E-state index contributed by atoms with van der Waals surface area (Å²) >= 11 is 7.95. The SMILES string of the molecule is O=C(CCN1CCCCCC1=O)NCCCSCc1ccccc1Cl. The van der Waals surface area contributed by atoms with E-state index in [2.05, 4.69) is 5.32 Å². The molecule has 1 fully saturated rings. The van der Waals surface area contributed by atoms with Gasteiger partial charge in [0, 0.05) is 43.3 Å². The number of thioether (sulfide) groups is 1. The molecule has 6 heteroatoms. The summed E-state index contributed by atoms with van der Waals surface area (Å²) in [6.45, 7) is 2.03. The maximum atomic E-state index is 11.9. The van der Waals surface area contributed by atoms with Crippen LogP contribution in [0.5, 0.6) is 0 Å². The van der Waals surface area contributed by atoms with Gasteiger partial charge >= 0.3 is 0 Å². The predicted octanol–water partition coefficient (Wildman–Crippen LogP) is 3.87. The van der Waals surface area contributed by atoms with Gasteiger partial charge in [0.05, 0.1) is 0 Å². The van der Waals surface area contributed by atoms with Gasteiger partial charge in [0.1, 0.15) is 0 Å². The van der Waals surface area contributed by atoms with E-state index >= 15 is 0 Å². The van der Waals surface area contributed by atoms with Crippen LogP contribution in [0.25, 0.3) is 0 Å². The Morgan fingerprint density at radius 3 is 2.92 bits per heavy atom. The molecule has 4 nitrogen and oxygen atoms in total. The fraction of sp³-hybridized carbons (Fsp3) is 0.579. The molecule has 1 aromatic carbocycles. The molecule has 0 unspecified atom stereocenters. The average molecular weight is 383 g/mol. The minimum atomic E-state index is 0.0353. The van der Waals surface area contributed by atoms with Crippen LogP contribution < -0.4 is 5.32 Å². The molecule has 1 saturated heterocycles. The van der Waals surface area contributed by atoms with Gasteiger partial charge in [-0.15, -0.1) is 0 Å². The first-order valence-corrected chi connectivity index (χ1v) is 10.6. The number of amides is 2. The van der Waals surface area contributed by atoms with E-state index in [1.54, 1.807) is 0 Å². The maximum Gasteiger partial charge on any atom is 0.222 e. The molecule has 0 saturated carbocycles. The topological polar surface area (TPSA) is 49.4 Å². The number of rotatable bonds is 9. The number of likely N-dealkylation sites (tertiary alicyclic amines) is 1. The first kappa shape index (κ1) is 20.1. The standard InChI is InChI=1S/C19H27ClN2O2S/c20-17-8-4-3-7-16(17)15-25-14-6-11-21-18(23)10-13-22-12-5-1-2-9-19(22)24/h3-4,7-8H,1-2,5-6,9-15H2,(H,21,23). The normalized spacial score (nSPS) is 15.1. The van der Waals surface area contributed by atoms with Crippen LogP contribution >= 0.6 is 23.4 Å². The Kier molecular flexibility index (Phi) is 9.19. The van der Waals surface area contributed by atoms with Crippen molar-refractivity contribution in [1.29, 1.82) is 0 Å². The average Bonchev–Trinajstić information content (AvgIpc) is 2.82. The van der Waals surface area contributed by atoms with E-state index < -0.39 is 0 Å². The van der Waals surface area contributed by atoms with Crippen molar-refractivity contribution in [3.8, 4) is 0 Å². The zero-order valence-corrected chi connectivity index (χ0v) is 16.2. The van der Waals surface area contributed by atoms with Crippen LogP contribution in [0.2, 0.25) is 5.02 Å². The zero-order chi connectivity index (χ0) is 17.9. The summed E-state index contributed by atoms with van der Waals surface area (Å²) in [4.78, 5) is 25.6. The minimum absolute atomic E-state index is 0.0353. The highest BCUT2D eigenvalue weighted by molar-refractivity contribution is 7.98. The largest absolute Gasteiger partial charge is 0.356 e. The van der Waals surface area contributed by atoms with Crippen molar-refractivity contribution in [3.63, 3.8) is 0 Å². The van der Waals surface area contributed by atoms with E-state index in [9.17, 15) is 9.59 Å². The van der Waals surface area contributed by atoms with Gasteiger partial charge in [0.15, 0.2) is 0 Å². The molecule has 0 aromatic heterocycles. The summed E-state index contributed by atoms with van der Waals surface area (Å²) in [5, 5.41) is 3.76. The van der Waals surface area contributed by atoms with Crippen LogP contribution in [0.15, 0.2) is 24.3 Å². The molecular weight excluding hydrogens is 356 g/mol. The Hall–Kier alpha value is -1.20. The zero-order valence-electron chi connectivity index (χ0n) is 14.6. The van der Waals surface area contributed by atoms with Crippen molar-refractivity contribution in [1.82, 2.24) is 10.2 Å². The smallest absolute Gasteiger partial charge is 0.222 e. The van der Waals surface area contributed by atoms with E-state index in [0.29, 0.717) is 25.9 Å². The molecule has 2 amide bonds. The summed E-state index contributed by atoms with van der Waals surface area (Å²) in [7, 11) is 0. The third-order valence-electron chi connectivity index (χ3n) is 4.28. The number of benzene rings is 1. The number of nitrogens with zero attached hydrogens (tertiary/aromatic N) is 1. The molecule has 1 aliphatic rings. The van der Waals surface area contributed by atoms with Crippen molar-refractivity contribution in [3.05, 3.63) is 34.9 Å². The van der Waals surface area contributed by atoms with Crippen LogP contribution in [0.1, 0.15) is 44.1 Å². The maximum absolute atomic E-state index is 11.9. The molecule has 0 spiro atoms. The van der Waals surface area contributed by atoms with E-state index in [1.807, 2.05) is 40.9 Å². The molecule has 0 radical (unpaired) electrons. The van der Waals surface area contributed by atoms with Gasteiger partial charge in [-0.1, -0.05) is 36.2 Å². The summed E-state index contributed by atoms with van der Waals surface area (Å²) in [6.07, 6.45) is 5.11. The van der Waals surface area contributed by atoms with Gasteiger partial charge in [-0.05, 0) is 36.6 Å². The van der Waals surface area contributed by atoms with E-state index in [-0.39, 0.29) is 11.8 Å². The quantitative estimate of drug-likeness (QED) is 0.659. The predicted molar refractivity (Wildman–Crippen MR) is 105 cm³/mol. The number of hydrogen-bond acceptors (Lipinski definition) is 3. The van der Waals surface area contributed by atoms with Gasteiger partial charge < -0.3 is 10.2 Å². The second-order valence-electron chi connectivity index (χ2n) is 6.29. The Morgan fingerprint density at radius 1 is 1.24 bits per heavy atom. The molecule has 0 bridgehead atoms. The van der Waals surface area contributed by atoms with E-state index in [4.69, 9.17) is 11.6 Å². The van der Waals surface area contributed by atoms with Crippen molar-refractivity contribution in [2.75, 3.05) is 25.4 Å². The van der Waals surface area contributed by atoms with Crippen LogP contribution in [-0.2, 0) is 15.3 Å². The van der Waals surface area contributed by atoms with Gasteiger partial charge in [0.2, 0.25) is 11.8 Å². The number of nitrogens with one attached hydrogen (secondary N) is 1. The lowest BCUT2D eigenvalue weighted by atomic mass is 10.2. The monoisotopic (exact) mass is 382 g/mol. The van der Waals surface area contributed by atoms with Crippen LogP contribution in [-0.4, -0.2) is 42.1 Å². The Morgan fingerprint density at radius 2 is 2.08 bits per heavy atom. The molecule has 0 atom stereocenters. The second kappa shape index (κ2) is 11.4. The summed E-state index contributed by atoms with van der Waals surface area (Å²) in [5.41, 5.74) is 1.15. The van der Waals surface area contributed by atoms with Gasteiger partial charge in [-0.3, -0.25) is 9.59 Å². The molecular formula is C19H27ClN2O2S. The van der Waals surface area contributed by atoms with Crippen LogP contribution in [0.4, 0.5) is 0 Å². The lowest BCUT2D eigenvalue weighted by Gasteiger charge is -2.20. The number of carbonyl (C=O) groups is 2. The Bertz CT molecular complexity index is 568. The fourth-order valence-corrected chi connectivity index (χ4v) is 4.05. The molecule has 1 aromatic rings. The third-order valence-corrected chi connectivity index (χ3v) is 5.74. The van der Waals surface area contributed by atoms with Gasteiger partial charge in [-0.25, -0.2) is 0 Å². The van der Waals surface area contributed by atoms with E-state index in [0.717, 1.165) is 54.3 Å². The third kappa shape index (κ3) is 7.70. The summed E-state index contributed by atoms with van der Waals surface area (Å²) in [5.74, 6) is 2.11. The molecule has 138 valence electrons. The number of hydrogen-bond donors (Lipinski definition) is 1. The number of carbonyl (C=O) groups excluding carboxylic acids is 2.